The molecule has 6 heteroatoms. The standard InChI is InChI=1S/C21H21N3O2S/c1-15(20(26)22-13-16-8-4-2-5-9-16)23-19(25)12-18-14-27-21(24-18)17-10-6-3-7-11-17/h2-11,14-15H,12-13H2,1H3,(H,22,26)(H,23,25). The molecule has 2 N–H and O–H groups in total. The smallest absolute Gasteiger partial charge is 0.242 e. The number of carbonyl (C=O) groups is 2. The number of nitrogens with one attached hydrogen (secondary N) is 2. The molecule has 0 aliphatic carbocycles. The lowest BCUT2D eigenvalue weighted by atomic mass is 10.2. The molecule has 0 saturated heterocycles. The van der Waals surface area contributed by atoms with Crippen LogP contribution in [0.5, 0.6) is 0 Å². The number of hydrogen-bond acceptors (Lipinski definition) is 4. The van der Waals surface area contributed by atoms with Gasteiger partial charge in [-0.05, 0) is 12.5 Å². The topological polar surface area (TPSA) is 71.1 Å². The van der Waals surface area contributed by atoms with Gasteiger partial charge in [-0.25, -0.2) is 4.98 Å². The van der Waals surface area contributed by atoms with Crippen LogP contribution in [0.25, 0.3) is 10.6 Å². The van der Waals surface area contributed by atoms with Crippen LogP contribution >= 0.6 is 11.3 Å². The Labute approximate surface area is 162 Å². The first-order valence-electron chi connectivity index (χ1n) is 8.72. The van der Waals surface area contributed by atoms with Crippen LogP contribution < -0.4 is 10.6 Å². The average molecular weight is 379 g/mol. The van der Waals surface area contributed by atoms with Gasteiger partial charge in [0.1, 0.15) is 11.0 Å². The molecule has 0 spiro atoms. The first-order chi connectivity index (χ1) is 13.1. The van der Waals surface area contributed by atoms with E-state index in [1.165, 1.54) is 11.3 Å². The quantitative estimate of drug-likeness (QED) is 0.662. The SMILES string of the molecule is CC(NC(=O)Cc1csc(-c2ccccc2)n1)C(=O)NCc1ccccc1. The Morgan fingerprint density at radius 1 is 1.04 bits per heavy atom. The van der Waals surface area contributed by atoms with Gasteiger partial charge in [0.2, 0.25) is 11.8 Å². The molecule has 27 heavy (non-hydrogen) atoms. The van der Waals surface area contributed by atoms with E-state index in [9.17, 15) is 9.59 Å². The molecule has 2 aromatic carbocycles. The van der Waals surface area contributed by atoms with Crippen LogP contribution in [0.3, 0.4) is 0 Å². The summed E-state index contributed by atoms with van der Waals surface area (Å²) in [6.45, 7) is 2.11. The molecule has 0 fully saturated rings. The van der Waals surface area contributed by atoms with Gasteiger partial charge in [0, 0.05) is 17.5 Å². The number of carbonyl (C=O) groups excluding carboxylic acids is 2. The number of rotatable bonds is 7. The van der Waals surface area contributed by atoms with Crippen molar-refractivity contribution < 1.29 is 9.59 Å². The summed E-state index contributed by atoms with van der Waals surface area (Å²) in [4.78, 5) is 28.9. The maximum absolute atomic E-state index is 12.2. The molecule has 3 aromatic rings. The van der Waals surface area contributed by atoms with Gasteiger partial charge < -0.3 is 10.6 Å². The van der Waals surface area contributed by atoms with Crippen molar-refractivity contribution in [3.8, 4) is 10.6 Å². The normalized spacial score (nSPS) is 11.6. The fourth-order valence-electron chi connectivity index (χ4n) is 2.56. The summed E-state index contributed by atoms with van der Waals surface area (Å²) in [5.74, 6) is -0.433. The van der Waals surface area contributed by atoms with E-state index in [-0.39, 0.29) is 18.2 Å². The summed E-state index contributed by atoms with van der Waals surface area (Å²) < 4.78 is 0. The van der Waals surface area contributed by atoms with Gasteiger partial charge >= 0.3 is 0 Å². The second kappa shape index (κ2) is 9.09. The fraction of sp³-hybridized carbons (Fsp3) is 0.190. The van der Waals surface area contributed by atoms with Gasteiger partial charge in [-0.2, -0.15) is 0 Å². The summed E-state index contributed by atoms with van der Waals surface area (Å²) in [6, 6.07) is 18.9. The third kappa shape index (κ3) is 5.49. The van der Waals surface area contributed by atoms with Crippen LogP contribution in [-0.4, -0.2) is 22.8 Å². The predicted molar refractivity (Wildman–Crippen MR) is 107 cm³/mol. The Morgan fingerprint density at radius 2 is 1.70 bits per heavy atom. The minimum absolute atomic E-state index is 0.152. The van der Waals surface area contributed by atoms with Crippen molar-refractivity contribution in [2.75, 3.05) is 0 Å². The lowest BCUT2D eigenvalue weighted by Gasteiger charge is -2.14. The lowest BCUT2D eigenvalue weighted by molar-refractivity contribution is -0.128. The predicted octanol–water partition coefficient (Wildman–Crippen LogP) is 3.17. The molecular weight excluding hydrogens is 358 g/mol. The first-order valence-corrected chi connectivity index (χ1v) is 9.60. The van der Waals surface area contributed by atoms with Gasteiger partial charge in [0.15, 0.2) is 0 Å². The number of amides is 2. The molecule has 3 rings (SSSR count). The largest absolute Gasteiger partial charge is 0.350 e. The molecule has 0 bridgehead atoms. The highest BCUT2D eigenvalue weighted by molar-refractivity contribution is 7.13. The van der Waals surface area contributed by atoms with Crippen molar-refractivity contribution in [3.63, 3.8) is 0 Å². The average Bonchev–Trinajstić information content (AvgIpc) is 3.15. The van der Waals surface area contributed by atoms with E-state index in [0.717, 1.165) is 16.1 Å². The van der Waals surface area contributed by atoms with Gasteiger partial charge in [0.05, 0.1) is 12.1 Å². The molecule has 1 aromatic heterocycles. The molecule has 1 heterocycles. The monoisotopic (exact) mass is 379 g/mol. The van der Waals surface area contributed by atoms with Gasteiger partial charge in [0.25, 0.3) is 0 Å². The molecular formula is C21H21N3O2S. The lowest BCUT2D eigenvalue weighted by Crippen LogP contribution is -2.45. The van der Waals surface area contributed by atoms with Crippen molar-refractivity contribution in [1.82, 2.24) is 15.6 Å². The van der Waals surface area contributed by atoms with Crippen molar-refractivity contribution in [1.29, 1.82) is 0 Å². The second-order valence-electron chi connectivity index (χ2n) is 6.18. The summed E-state index contributed by atoms with van der Waals surface area (Å²) >= 11 is 1.51. The highest BCUT2D eigenvalue weighted by Crippen LogP contribution is 2.23. The van der Waals surface area contributed by atoms with Crippen molar-refractivity contribution in [2.45, 2.75) is 25.9 Å². The molecule has 0 radical (unpaired) electrons. The van der Waals surface area contributed by atoms with Crippen LogP contribution in [-0.2, 0) is 22.6 Å². The summed E-state index contributed by atoms with van der Waals surface area (Å²) in [6.07, 6.45) is 0.152. The molecule has 0 aliphatic rings. The number of hydrogen-bond donors (Lipinski definition) is 2. The maximum atomic E-state index is 12.2. The number of benzene rings is 2. The second-order valence-corrected chi connectivity index (χ2v) is 7.04. The van der Waals surface area contributed by atoms with E-state index in [4.69, 9.17) is 0 Å². The van der Waals surface area contributed by atoms with Crippen molar-refractivity contribution >= 4 is 23.2 Å². The zero-order valence-electron chi connectivity index (χ0n) is 15.0. The van der Waals surface area contributed by atoms with E-state index in [2.05, 4.69) is 15.6 Å². The molecule has 0 aliphatic heterocycles. The summed E-state index contributed by atoms with van der Waals surface area (Å²) in [5, 5.41) is 8.31. The highest BCUT2D eigenvalue weighted by atomic mass is 32.1. The van der Waals surface area contributed by atoms with Crippen LogP contribution in [0.2, 0.25) is 0 Å². The van der Waals surface area contributed by atoms with E-state index in [1.54, 1.807) is 6.92 Å². The van der Waals surface area contributed by atoms with E-state index in [0.29, 0.717) is 12.2 Å². The van der Waals surface area contributed by atoms with E-state index in [1.807, 2.05) is 66.0 Å². The molecule has 138 valence electrons. The Hall–Kier alpha value is -2.99. The Morgan fingerprint density at radius 3 is 2.41 bits per heavy atom. The summed E-state index contributed by atoms with van der Waals surface area (Å²) in [5.41, 5.74) is 2.75. The Balaban J connectivity index is 1.48. The van der Waals surface area contributed by atoms with Crippen LogP contribution in [0, 0.1) is 0 Å². The first kappa shape index (κ1) is 18.8. The van der Waals surface area contributed by atoms with Crippen molar-refractivity contribution in [3.05, 3.63) is 77.3 Å². The Bertz CT molecular complexity index is 894. The van der Waals surface area contributed by atoms with E-state index >= 15 is 0 Å². The minimum Gasteiger partial charge on any atom is -0.350 e. The van der Waals surface area contributed by atoms with Gasteiger partial charge in [-0.1, -0.05) is 60.7 Å². The number of nitrogens with zero attached hydrogens (tertiary/aromatic N) is 1. The number of thiazole rings is 1. The highest BCUT2D eigenvalue weighted by Gasteiger charge is 2.16. The van der Waals surface area contributed by atoms with Gasteiger partial charge in [-0.3, -0.25) is 9.59 Å². The van der Waals surface area contributed by atoms with E-state index < -0.39 is 6.04 Å². The third-order valence-electron chi connectivity index (χ3n) is 3.99. The molecule has 2 amide bonds. The zero-order valence-corrected chi connectivity index (χ0v) is 15.8. The molecule has 0 saturated carbocycles. The minimum atomic E-state index is -0.603. The molecule has 1 atom stereocenters. The third-order valence-corrected chi connectivity index (χ3v) is 4.93. The van der Waals surface area contributed by atoms with Gasteiger partial charge in [-0.15, -0.1) is 11.3 Å². The summed E-state index contributed by atoms with van der Waals surface area (Å²) in [7, 11) is 0. The zero-order chi connectivity index (χ0) is 19.1. The van der Waals surface area contributed by atoms with Crippen LogP contribution in [0.1, 0.15) is 18.2 Å². The maximum Gasteiger partial charge on any atom is 0.242 e. The van der Waals surface area contributed by atoms with Crippen LogP contribution in [0.15, 0.2) is 66.0 Å². The van der Waals surface area contributed by atoms with Crippen molar-refractivity contribution in [2.24, 2.45) is 0 Å². The Kier molecular flexibility index (Phi) is 6.33. The molecule has 1 unspecified atom stereocenters. The molecule has 5 nitrogen and oxygen atoms in total. The van der Waals surface area contributed by atoms with Crippen LogP contribution in [0.4, 0.5) is 0 Å². The fourth-order valence-corrected chi connectivity index (χ4v) is 3.39. The number of aromatic nitrogens is 1.